The summed E-state index contributed by atoms with van der Waals surface area (Å²) in [6, 6.07) is 21.2. The minimum absolute atomic E-state index is 0.217. The Morgan fingerprint density at radius 2 is 1.71 bits per heavy atom. The number of benzene rings is 2. The lowest BCUT2D eigenvalue weighted by atomic mass is 9.95. The molecule has 1 N–H and O–H groups in total. The Kier molecular flexibility index (Phi) is 4.53. The lowest BCUT2D eigenvalue weighted by molar-refractivity contribution is 0.101. The molecule has 6 heteroatoms. The van der Waals surface area contributed by atoms with E-state index in [2.05, 4.69) is 41.6 Å². The maximum atomic E-state index is 12.5. The number of hydrogen-bond acceptors (Lipinski definition) is 4. The Morgan fingerprint density at radius 1 is 1.04 bits per heavy atom. The van der Waals surface area contributed by atoms with E-state index in [1.54, 1.807) is 12.3 Å². The molecule has 0 saturated carbocycles. The summed E-state index contributed by atoms with van der Waals surface area (Å²) < 4.78 is 7.12. The molecule has 140 valence electrons. The third kappa shape index (κ3) is 3.44. The van der Waals surface area contributed by atoms with Crippen molar-refractivity contribution in [3.63, 3.8) is 0 Å². The molecule has 0 unspecified atom stereocenters. The second-order valence-electron chi connectivity index (χ2n) is 7.00. The molecule has 0 atom stereocenters. The molecule has 0 fully saturated rings. The highest BCUT2D eigenvalue weighted by Crippen LogP contribution is 2.26. The zero-order valence-corrected chi connectivity index (χ0v) is 15.7. The number of amides is 1. The molecule has 2 aromatic carbocycles. The molecule has 0 aliphatic heterocycles. The van der Waals surface area contributed by atoms with Crippen LogP contribution in [-0.4, -0.2) is 20.8 Å². The van der Waals surface area contributed by atoms with Crippen molar-refractivity contribution in [2.24, 2.45) is 0 Å². The van der Waals surface area contributed by atoms with E-state index in [0.717, 1.165) is 11.1 Å². The Balaban J connectivity index is 1.50. The lowest BCUT2D eigenvalue weighted by Crippen LogP contribution is -2.28. The van der Waals surface area contributed by atoms with Crippen LogP contribution in [0, 0.1) is 0 Å². The summed E-state index contributed by atoms with van der Waals surface area (Å²) in [6.07, 6.45) is 3.43. The largest absolute Gasteiger partial charge is 0.355 e. The molecule has 0 aliphatic carbocycles. The van der Waals surface area contributed by atoms with Crippen molar-refractivity contribution in [1.82, 2.24) is 14.9 Å². The molecule has 4 rings (SSSR count). The topological polar surface area (TPSA) is 73.0 Å². The molecule has 2 aromatic heterocycles. The summed E-state index contributed by atoms with van der Waals surface area (Å²) in [6.45, 7) is 4.15. The van der Waals surface area contributed by atoms with Crippen molar-refractivity contribution in [2.45, 2.75) is 19.4 Å². The number of rotatable bonds is 5. The molecule has 0 aliphatic rings. The van der Waals surface area contributed by atoms with E-state index in [9.17, 15) is 4.79 Å². The van der Waals surface area contributed by atoms with E-state index in [-0.39, 0.29) is 17.1 Å². The van der Waals surface area contributed by atoms with Crippen LogP contribution in [0.2, 0.25) is 0 Å². The third-order valence-corrected chi connectivity index (χ3v) is 4.69. The molecule has 0 saturated heterocycles. The fourth-order valence-corrected chi connectivity index (χ4v) is 2.99. The van der Waals surface area contributed by atoms with Crippen molar-refractivity contribution in [1.29, 1.82) is 0 Å². The molecular weight excluding hydrogens is 352 g/mol. The number of anilines is 1. The van der Waals surface area contributed by atoms with Gasteiger partial charge in [0.05, 0.1) is 17.4 Å². The average Bonchev–Trinajstić information content (AvgIpc) is 3.39. The van der Waals surface area contributed by atoms with Crippen molar-refractivity contribution < 1.29 is 9.32 Å². The summed E-state index contributed by atoms with van der Waals surface area (Å²) in [5.74, 6) is 0.203. The number of nitrogens with one attached hydrogen (secondary N) is 1. The maximum absolute atomic E-state index is 12.5. The van der Waals surface area contributed by atoms with Crippen molar-refractivity contribution in [2.75, 3.05) is 5.32 Å². The van der Waals surface area contributed by atoms with E-state index < -0.39 is 0 Å². The molecular formula is C22H20N4O2. The van der Waals surface area contributed by atoms with Crippen LogP contribution in [0.15, 0.2) is 83.6 Å². The zero-order valence-electron chi connectivity index (χ0n) is 15.7. The second-order valence-corrected chi connectivity index (χ2v) is 7.00. The van der Waals surface area contributed by atoms with Crippen LogP contribution in [0.1, 0.15) is 29.9 Å². The minimum atomic E-state index is -0.349. The van der Waals surface area contributed by atoms with Gasteiger partial charge in [0.15, 0.2) is 11.5 Å². The van der Waals surface area contributed by atoms with Crippen LogP contribution in [-0.2, 0) is 5.54 Å². The molecule has 6 nitrogen and oxygen atoms in total. The molecule has 2 heterocycles. The lowest BCUT2D eigenvalue weighted by Gasteiger charge is -2.25. The molecule has 0 bridgehead atoms. The van der Waals surface area contributed by atoms with Gasteiger partial charge in [-0.15, -0.1) is 0 Å². The minimum Gasteiger partial charge on any atom is -0.355 e. The fourth-order valence-electron chi connectivity index (χ4n) is 2.99. The SMILES string of the molecule is CC(C)(c1ccccc1)n1cc(NC(=O)c2cc(-c3ccccc3)on2)cn1. The van der Waals surface area contributed by atoms with Crippen molar-refractivity contribution in [3.05, 3.63) is 90.4 Å². The maximum Gasteiger partial charge on any atom is 0.277 e. The smallest absolute Gasteiger partial charge is 0.277 e. The Labute approximate surface area is 162 Å². The first kappa shape index (κ1) is 17.7. The van der Waals surface area contributed by atoms with Gasteiger partial charge in [0.25, 0.3) is 5.91 Å². The van der Waals surface area contributed by atoms with Crippen LogP contribution >= 0.6 is 0 Å². The highest BCUT2D eigenvalue weighted by atomic mass is 16.5. The van der Waals surface area contributed by atoms with Gasteiger partial charge in [-0.3, -0.25) is 9.48 Å². The first-order valence-corrected chi connectivity index (χ1v) is 8.98. The van der Waals surface area contributed by atoms with Crippen LogP contribution in [0.3, 0.4) is 0 Å². The number of aromatic nitrogens is 3. The van der Waals surface area contributed by atoms with Crippen molar-refractivity contribution in [3.8, 4) is 11.3 Å². The molecule has 0 spiro atoms. The summed E-state index contributed by atoms with van der Waals surface area (Å²) in [5.41, 5.74) is 2.46. The number of carbonyl (C=O) groups is 1. The van der Waals surface area contributed by atoms with Gasteiger partial charge in [-0.1, -0.05) is 65.8 Å². The molecule has 1 amide bonds. The van der Waals surface area contributed by atoms with E-state index in [4.69, 9.17) is 4.52 Å². The van der Waals surface area contributed by atoms with Crippen molar-refractivity contribution >= 4 is 11.6 Å². The normalized spacial score (nSPS) is 11.4. The van der Waals surface area contributed by atoms with Crippen LogP contribution in [0.4, 0.5) is 5.69 Å². The quantitative estimate of drug-likeness (QED) is 0.557. The van der Waals surface area contributed by atoms with E-state index >= 15 is 0 Å². The first-order chi connectivity index (χ1) is 13.5. The van der Waals surface area contributed by atoms with Gasteiger partial charge in [0, 0.05) is 17.8 Å². The van der Waals surface area contributed by atoms with Gasteiger partial charge >= 0.3 is 0 Å². The van der Waals surface area contributed by atoms with Gasteiger partial charge in [-0.2, -0.15) is 5.10 Å². The van der Waals surface area contributed by atoms with Gasteiger partial charge in [-0.25, -0.2) is 0 Å². The third-order valence-electron chi connectivity index (χ3n) is 4.69. The molecule has 0 radical (unpaired) electrons. The van der Waals surface area contributed by atoms with Gasteiger partial charge in [0.1, 0.15) is 0 Å². The van der Waals surface area contributed by atoms with Gasteiger partial charge in [-0.05, 0) is 19.4 Å². The highest BCUT2D eigenvalue weighted by molar-refractivity contribution is 6.03. The zero-order chi connectivity index (χ0) is 19.6. The number of nitrogens with zero attached hydrogens (tertiary/aromatic N) is 3. The molecule has 28 heavy (non-hydrogen) atoms. The highest BCUT2D eigenvalue weighted by Gasteiger charge is 2.24. The standard InChI is InChI=1S/C22H20N4O2/c1-22(2,17-11-7-4-8-12-17)26-15-18(14-23-26)24-21(27)19-13-20(28-25-19)16-9-5-3-6-10-16/h3-15H,1-2H3,(H,24,27). The first-order valence-electron chi connectivity index (χ1n) is 8.98. The van der Waals surface area contributed by atoms with Crippen LogP contribution < -0.4 is 5.32 Å². The number of hydrogen-bond donors (Lipinski definition) is 1. The van der Waals surface area contributed by atoms with E-state index in [1.807, 2.05) is 59.4 Å². The predicted molar refractivity (Wildman–Crippen MR) is 107 cm³/mol. The van der Waals surface area contributed by atoms with E-state index in [0.29, 0.717) is 11.4 Å². The van der Waals surface area contributed by atoms with Gasteiger partial charge < -0.3 is 9.84 Å². The summed E-state index contributed by atoms with van der Waals surface area (Å²) in [7, 11) is 0. The monoisotopic (exact) mass is 372 g/mol. The second kappa shape index (κ2) is 7.15. The number of carbonyl (C=O) groups excluding carboxylic acids is 1. The Bertz CT molecular complexity index is 1080. The van der Waals surface area contributed by atoms with E-state index in [1.165, 1.54) is 0 Å². The summed E-state index contributed by atoms with van der Waals surface area (Å²) in [4.78, 5) is 12.5. The Morgan fingerprint density at radius 3 is 2.43 bits per heavy atom. The molecule has 4 aromatic rings. The fraction of sp³-hybridized carbons (Fsp3) is 0.136. The summed E-state index contributed by atoms with van der Waals surface area (Å²) >= 11 is 0. The van der Waals surface area contributed by atoms with Crippen LogP contribution in [0.25, 0.3) is 11.3 Å². The van der Waals surface area contributed by atoms with Crippen LogP contribution in [0.5, 0.6) is 0 Å². The van der Waals surface area contributed by atoms with Gasteiger partial charge in [0.2, 0.25) is 0 Å². The Hall–Kier alpha value is -3.67. The average molecular weight is 372 g/mol. The predicted octanol–water partition coefficient (Wildman–Crippen LogP) is 4.57. The summed E-state index contributed by atoms with van der Waals surface area (Å²) in [5, 5.41) is 11.1.